The molecule has 3 aromatic rings. The van der Waals surface area contributed by atoms with Gasteiger partial charge >= 0.3 is 0 Å². The van der Waals surface area contributed by atoms with Gasteiger partial charge in [-0.3, -0.25) is 9.59 Å². The Morgan fingerprint density at radius 2 is 1.37 bits per heavy atom. The first-order valence-electron chi connectivity index (χ1n) is 11.1. The summed E-state index contributed by atoms with van der Waals surface area (Å²) in [7, 11) is 6.60. The first-order valence-corrected chi connectivity index (χ1v) is 11.1. The number of carbonyl (C=O) groups excluding carboxylic acids is 2. The van der Waals surface area contributed by atoms with Gasteiger partial charge in [0.2, 0.25) is 5.91 Å². The number of nitrogens with two attached hydrogens (primary N) is 1. The number of hydrogen-bond acceptors (Lipinski definition) is 5. The van der Waals surface area contributed by atoms with Crippen molar-refractivity contribution in [2.24, 2.45) is 5.73 Å². The predicted molar refractivity (Wildman–Crippen MR) is 137 cm³/mol. The van der Waals surface area contributed by atoms with E-state index in [-0.39, 0.29) is 11.8 Å². The Labute approximate surface area is 205 Å². The summed E-state index contributed by atoms with van der Waals surface area (Å²) >= 11 is 0. The van der Waals surface area contributed by atoms with E-state index in [9.17, 15) is 9.59 Å². The van der Waals surface area contributed by atoms with Crippen molar-refractivity contribution in [3.8, 4) is 23.0 Å². The quantitative estimate of drug-likeness (QED) is 0.344. The van der Waals surface area contributed by atoms with Crippen molar-refractivity contribution in [2.45, 2.75) is 12.8 Å². The predicted octanol–water partition coefficient (Wildman–Crippen LogP) is 4.54. The van der Waals surface area contributed by atoms with Gasteiger partial charge in [-0.25, -0.2) is 0 Å². The Balaban J connectivity index is 1.84. The van der Waals surface area contributed by atoms with E-state index >= 15 is 0 Å². The molecule has 0 spiro atoms. The number of benzene rings is 3. The standard InChI is InChI=1S/C28H30N2O5/c1-30(2)28(32)26(17-20-15-24(33-3)18-25(16-20)34-4)21-8-12-23(13-9-21)35-22-10-5-19(6-11-22)7-14-27(29)31/h5-6,8-13,15-18H,7,14H2,1-4H3,(H2,29,31)/b26-17-. The lowest BCUT2D eigenvalue weighted by atomic mass is 10.0. The molecule has 0 bridgehead atoms. The Bertz CT molecular complexity index is 1180. The fourth-order valence-corrected chi connectivity index (χ4v) is 3.42. The van der Waals surface area contributed by atoms with Crippen LogP contribution in [0.3, 0.4) is 0 Å². The van der Waals surface area contributed by atoms with Crippen LogP contribution in [0.4, 0.5) is 0 Å². The second kappa shape index (κ2) is 11.7. The Hall–Kier alpha value is -4.26. The van der Waals surface area contributed by atoms with Crippen LogP contribution in [0.15, 0.2) is 66.7 Å². The van der Waals surface area contributed by atoms with Crippen LogP contribution in [0, 0.1) is 0 Å². The van der Waals surface area contributed by atoms with E-state index in [1.807, 2.05) is 66.7 Å². The van der Waals surface area contributed by atoms with Gasteiger partial charge in [-0.1, -0.05) is 24.3 Å². The molecule has 0 unspecified atom stereocenters. The highest BCUT2D eigenvalue weighted by Crippen LogP contribution is 2.29. The largest absolute Gasteiger partial charge is 0.497 e. The molecule has 7 heteroatoms. The normalized spacial score (nSPS) is 11.0. The number of methoxy groups -OCH3 is 2. The smallest absolute Gasteiger partial charge is 0.253 e. The summed E-state index contributed by atoms with van der Waals surface area (Å²) in [6.07, 6.45) is 2.72. The van der Waals surface area contributed by atoms with Gasteiger partial charge in [0, 0.05) is 32.2 Å². The number of hydrogen-bond donors (Lipinski definition) is 1. The summed E-state index contributed by atoms with van der Waals surface area (Å²) in [4.78, 5) is 25.5. The molecule has 0 saturated heterocycles. The molecule has 2 N–H and O–H groups in total. The topological polar surface area (TPSA) is 91.1 Å². The molecule has 0 aliphatic carbocycles. The van der Waals surface area contributed by atoms with Crippen LogP contribution >= 0.6 is 0 Å². The fraction of sp³-hybridized carbons (Fsp3) is 0.214. The number of aryl methyl sites for hydroxylation is 1. The molecule has 0 aliphatic rings. The SMILES string of the molecule is COc1cc(/C=C(\C(=O)N(C)C)c2ccc(Oc3ccc(CCC(N)=O)cc3)cc2)cc(OC)c1. The van der Waals surface area contributed by atoms with Crippen LogP contribution in [0.2, 0.25) is 0 Å². The van der Waals surface area contributed by atoms with Gasteiger partial charge in [0.15, 0.2) is 0 Å². The van der Waals surface area contributed by atoms with Gasteiger partial charge < -0.3 is 24.8 Å². The molecule has 3 aromatic carbocycles. The molecule has 0 aliphatic heterocycles. The maximum absolute atomic E-state index is 13.0. The lowest BCUT2D eigenvalue weighted by molar-refractivity contribution is -0.122. The number of carbonyl (C=O) groups is 2. The van der Waals surface area contributed by atoms with E-state index in [0.717, 1.165) is 16.7 Å². The van der Waals surface area contributed by atoms with Crippen molar-refractivity contribution in [2.75, 3.05) is 28.3 Å². The monoisotopic (exact) mass is 474 g/mol. The molecule has 0 saturated carbocycles. The molecule has 35 heavy (non-hydrogen) atoms. The van der Waals surface area contributed by atoms with Crippen molar-refractivity contribution in [3.63, 3.8) is 0 Å². The second-order valence-corrected chi connectivity index (χ2v) is 8.14. The summed E-state index contributed by atoms with van der Waals surface area (Å²) in [6, 6.07) is 20.3. The molecule has 0 aromatic heterocycles. The van der Waals surface area contributed by atoms with Gasteiger partial charge in [-0.2, -0.15) is 0 Å². The minimum Gasteiger partial charge on any atom is -0.497 e. The van der Waals surface area contributed by atoms with Crippen molar-refractivity contribution in [1.82, 2.24) is 4.90 Å². The number of ether oxygens (including phenoxy) is 3. The summed E-state index contributed by atoms with van der Waals surface area (Å²) in [5.41, 5.74) is 8.27. The zero-order chi connectivity index (χ0) is 25.4. The maximum atomic E-state index is 13.0. The average Bonchev–Trinajstić information content (AvgIpc) is 2.86. The third kappa shape index (κ3) is 7.11. The second-order valence-electron chi connectivity index (χ2n) is 8.14. The summed E-state index contributed by atoms with van der Waals surface area (Å²) in [5.74, 6) is 2.12. The van der Waals surface area contributed by atoms with Crippen LogP contribution in [-0.2, 0) is 16.0 Å². The molecule has 0 radical (unpaired) electrons. The zero-order valence-corrected chi connectivity index (χ0v) is 20.4. The minimum atomic E-state index is -0.322. The number of nitrogens with zero attached hydrogens (tertiary/aromatic N) is 1. The lowest BCUT2D eigenvalue weighted by Gasteiger charge is -2.15. The molecule has 0 heterocycles. The first-order chi connectivity index (χ1) is 16.8. The first kappa shape index (κ1) is 25.4. The number of rotatable bonds is 10. The van der Waals surface area contributed by atoms with Crippen LogP contribution in [0.25, 0.3) is 11.6 Å². The fourth-order valence-electron chi connectivity index (χ4n) is 3.42. The third-order valence-corrected chi connectivity index (χ3v) is 5.31. The minimum absolute atomic E-state index is 0.132. The highest BCUT2D eigenvalue weighted by Gasteiger charge is 2.15. The Morgan fingerprint density at radius 3 is 1.86 bits per heavy atom. The molecule has 182 valence electrons. The van der Waals surface area contributed by atoms with E-state index < -0.39 is 0 Å². The highest BCUT2D eigenvalue weighted by molar-refractivity contribution is 6.24. The number of primary amides is 1. The lowest BCUT2D eigenvalue weighted by Crippen LogP contribution is -2.22. The van der Waals surface area contributed by atoms with Crippen molar-refractivity contribution < 1.29 is 23.8 Å². The molecule has 0 fully saturated rings. The summed E-state index contributed by atoms with van der Waals surface area (Å²) < 4.78 is 16.7. The summed E-state index contributed by atoms with van der Waals surface area (Å²) in [6.45, 7) is 0. The van der Waals surface area contributed by atoms with Crippen molar-refractivity contribution in [3.05, 3.63) is 83.4 Å². The van der Waals surface area contributed by atoms with E-state index in [1.165, 1.54) is 4.90 Å². The third-order valence-electron chi connectivity index (χ3n) is 5.31. The molecular formula is C28H30N2O5. The highest BCUT2D eigenvalue weighted by atomic mass is 16.5. The van der Waals surface area contributed by atoms with Crippen molar-refractivity contribution in [1.29, 1.82) is 0 Å². The van der Waals surface area contributed by atoms with Gasteiger partial charge in [-0.15, -0.1) is 0 Å². The summed E-state index contributed by atoms with van der Waals surface area (Å²) in [5, 5.41) is 0. The van der Waals surface area contributed by atoms with E-state index in [4.69, 9.17) is 19.9 Å². The molecule has 2 amide bonds. The van der Waals surface area contributed by atoms with Gasteiger partial charge in [-0.05, 0) is 65.6 Å². The van der Waals surface area contributed by atoms with E-state index in [1.54, 1.807) is 34.4 Å². The Kier molecular flexibility index (Phi) is 8.51. The zero-order valence-electron chi connectivity index (χ0n) is 20.4. The number of likely N-dealkylation sites (N-methyl/N-ethyl adjacent to an activating group) is 1. The molecule has 7 nitrogen and oxygen atoms in total. The van der Waals surface area contributed by atoms with Gasteiger partial charge in [0.05, 0.1) is 14.2 Å². The molecule has 3 rings (SSSR count). The van der Waals surface area contributed by atoms with Crippen LogP contribution < -0.4 is 19.9 Å². The van der Waals surface area contributed by atoms with Gasteiger partial charge in [0.25, 0.3) is 5.91 Å². The van der Waals surface area contributed by atoms with E-state index in [2.05, 4.69) is 0 Å². The van der Waals surface area contributed by atoms with Crippen LogP contribution in [-0.4, -0.2) is 45.0 Å². The van der Waals surface area contributed by atoms with Crippen molar-refractivity contribution >= 4 is 23.5 Å². The van der Waals surface area contributed by atoms with Crippen LogP contribution in [0.1, 0.15) is 23.1 Å². The average molecular weight is 475 g/mol. The van der Waals surface area contributed by atoms with E-state index in [0.29, 0.717) is 41.4 Å². The molecular weight excluding hydrogens is 444 g/mol. The van der Waals surface area contributed by atoms with Gasteiger partial charge in [0.1, 0.15) is 23.0 Å². The Morgan fingerprint density at radius 1 is 0.829 bits per heavy atom. The van der Waals surface area contributed by atoms with Crippen LogP contribution in [0.5, 0.6) is 23.0 Å². The molecule has 0 atom stereocenters. The number of amides is 2. The maximum Gasteiger partial charge on any atom is 0.253 e.